The second kappa shape index (κ2) is 16.4. The number of fused-ring (bicyclic) bond motifs is 8. The van der Waals surface area contributed by atoms with Crippen molar-refractivity contribution in [3.63, 3.8) is 0 Å². The average Bonchev–Trinajstić information content (AvgIpc) is 3.81. The summed E-state index contributed by atoms with van der Waals surface area (Å²) in [4.78, 5) is 68.6. The average molecular weight is 724 g/mol. The van der Waals surface area contributed by atoms with Crippen LogP contribution < -0.4 is 5.32 Å². The lowest BCUT2D eigenvalue weighted by atomic mass is 9.84. The fourth-order valence-electron chi connectivity index (χ4n) is 7.28. The van der Waals surface area contributed by atoms with Gasteiger partial charge >= 0.3 is 17.9 Å². The number of allylic oxidation sites excluding steroid dienone is 1. The van der Waals surface area contributed by atoms with E-state index in [1.165, 1.54) is 21.1 Å². The highest BCUT2D eigenvalue weighted by molar-refractivity contribution is 6.27. The number of hydrogen-bond acceptors (Lipinski definition) is 9. The second-order valence-corrected chi connectivity index (χ2v) is 13.5. The van der Waals surface area contributed by atoms with Gasteiger partial charge in [-0.3, -0.25) is 24.2 Å². The molecule has 3 N–H and O–H groups in total. The third-order valence-electron chi connectivity index (χ3n) is 10.3. The van der Waals surface area contributed by atoms with Gasteiger partial charge in [0.15, 0.2) is 0 Å². The van der Waals surface area contributed by atoms with Crippen LogP contribution in [0.3, 0.4) is 0 Å². The number of aryl methyl sites for hydroxylation is 3. The molecule has 3 aromatic rings. The lowest BCUT2D eigenvalue weighted by Gasteiger charge is -2.18. The summed E-state index contributed by atoms with van der Waals surface area (Å²) in [5.74, 6) is -2.17. The molecule has 8 bridgehead atoms. The van der Waals surface area contributed by atoms with Crippen LogP contribution in [-0.4, -0.2) is 71.1 Å². The van der Waals surface area contributed by atoms with Crippen molar-refractivity contribution in [3.05, 3.63) is 75.4 Å². The molecule has 0 aliphatic carbocycles. The molecule has 0 saturated heterocycles. The highest BCUT2D eigenvalue weighted by atomic mass is 16.5. The Labute approximate surface area is 309 Å². The molecule has 0 saturated carbocycles. The Morgan fingerprint density at radius 3 is 2.28 bits per heavy atom. The van der Waals surface area contributed by atoms with E-state index in [0.29, 0.717) is 46.6 Å². The summed E-state index contributed by atoms with van der Waals surface area (Å²) >= 11 is 0. The number of aromatic nitrogens is 4. The van der Waals surface area contributed by atoms with Gasteiger partial charge in [-0.05, 0) is 80.5 Å². The van der Waals surface area contributed by atoms with E-state index >= 15 is 0 Å². The molecule has 53 heavy (non-hydrogen) atoms. The molecule has 3 aromatic heterocycles. The molecule has 0 aromatic carbocycles. The Balaban J connectivity index is 1.90. The normalized spacial score (nSPS) is 15.2. The molecule has 12 nitrogen and oxygen atoms in total. The predicted octanol–water partition coefficient (Wildman–Crippen LogP) is 6.69. The van der Waals surface area contributed by atoms with Crippen molar-refractivity contribution in [2.75, 3.05) is 27.4 Å². The van der Waals surface area contributed by atoms with Gasteiger partial charge in [-0.2, -0.15) is 0 Å². The zero-order valence-electron chi connectivity index (χ0n) is 31.9. The van der Waals surface area contributed by atoms with Gasteiger partial charge in [0.25, 0.3) is 5.91 Å². The molecule has 0 radical (unpaired) electrons. The molecule has 0 fully saturated rings. The summed E-state index contributed by atoms with van der Waals surface area (Å²) in [6, 6.07) is 6.04. The van der Waals surface area contributed by atoms with E-state index in [4.69, 9.17) is 24.2 Å². The number of carbonyl (C=O) groups is 4. The largest absolute Gasteiger partial charge is 0.469 e. The number of nitrogens with zero attached hydrogens (tertiary/aromatic N) is 2. The second-order valence-electron chi connectivity index (χ2n) is 13.5. The lowest BCUT2D eigenvalue weighted by molar-refractivity contribution is -0.141. The molecule has 5 rings (SSSR count). The lowest BCUT2D eigenvalue weighted by Crippen LogP contribution is -2.27. The number of ether oxygens (including phenoxy) is 3. The summed E-state index contributed by atoms with van der Waals surface area (Å²) in [6.45, 7) is 15.9. The first-order valence-electron chi connectivity index (χ1n) is 18.0. The summed E-state index contributed by atoms with van der Waals surface area (Å²) < 4.78 is 15.2. The molecule has 2 aliphatic rings. The third-order valence-corrected chi connectivity index (χ3v) is 10.3. The zero-order chi connectivity index (χ0) is 38.6. The molecule has 2 unspecified atom stereocenters. The number of esters is 3. The molecule has 5 heterocycles. The van der Waals surface area contributed by atoms with Gasteiger partial charge < -0.3 is 29.5 Å². The highest BCUT2D eigenvalue weighted by Crippen LogP contribution is 2.44. The van der Waals surface area contributed by atoms with Crippen LogP contribution in [-0.2, 0) is 46.2 Å². The molecular weight excluding hydrogens is 674 g/mol. The first-order chi connectivity index (χ1) is 25.3. The van der Waals surface area contributed by atoms with Crippen LogP contribution in [0.1, 0.15) is 109 Å². The van der Waals surface area contributed by atoms with Crippen molar-refractivity contribution in [2.24, 2.45) is 0 Å². The number of aromatic amines is 2. The Bertz CT molecular complexity index is 2170. The first kappa shape index (κ1) is 38.7. The van der Waals surface area contributed by atoms with Crippen LogP contribution in [0.25, 0.3) is 39.3 Å². The van der Waals surface area contributed by atoms with Gasteiger partial charge in [0.1, 0.15) is 0 Å². The summed E-state index contributed by atoms with van der Waals surface area (Å²) in [5, 5.41) is 2.96. The van der Waals surface area contributed by atoms with Crippen molar-refractivity contribution in [2.45, 2.75) is 85.5 Å². The van der Waals surface area contributed by atoms with Crippen molar-refractivity contribution >= 4 is 63.1 Å². The smallest absolute Gasteiger partial charge is 0.310 e. The third kappa shape index (κ3) is 7.96. The van der Waals surface area contributed by atoms with Gasteiger partial charge in [0.05, 0.1) is 49.9 Å². The van der Waals surface area contributed by atoms with Crippen LogP contribution in [0.15, 0.2) is 24.8 Å². The van der Waals surface area contributed by atoms with Gasteiger partial charge in [0.2, 0.25) is 0 Å². The van der Waals surface area contributed by atoms with E-state index in [-0.39, 0.29) is 49.7 Å². The molecule has 0 spiro atoms. The quantitative estimate of drug-likeness (QED) is 0.105. The Morgan fingerprint density at radius 2 is 1.62 bits per heavy atom. The maximum atomic E-state index is 14.2. The number of amides is 1. The van der Waals surface area contributed by atoms with Crippen LogP contribution in [0.5, 0.6) is 0 Å². The maximum Gasteiger partial charge on any atom is 0.310 e. The standard InChI is InChI=1S/C41H49N5O7/c1-10-26-21(3)30-18-32-23(5)28(13-14-36(48)51-8)39(45-32)29(17-37(49)52-9)40-38(41(50)42-15-12-16-53-25(7)47)24(6)33(46-40)20-35-27(11-2)22(4)31(44-35)19-34(26)43-30/h10,18-20,23,28,43-44H,1,11-17H2,2-9H3,(H,42,50). The van der Waals surface area contributed by atoms with Crippen molar-refractivity contribution in [1.29, 1.82) is 0 Å². The number of hydrogen-bond donors (Lipinski definition) is 3. The maximum absolute atomic E-state index is 14.2. The van der Waals surface area contributed by atoms with Gasteiger partial charge in [0, 0.05) is 70.6 Å². The predicted molar refractivity (Wildman–Crippen MR) is 205 cm³/mol. The molecule has 1 amide bonds. The van der Waals surface area contributed by atoms with Crippen LogP contribution in [0.2, 0.25) is 0 Å². The van der Waals surface area contributed by atoms with E-state index in [1.54, 1.807) is 0 Å². The number of H-pyrrole nitrogens is 2. The van der Waals surface area contributed by atoms with E-state index in [0.717, 1.165) is 56.4 Å². The highest BCUT2D eigenvalue weighted by Gasteiger charge is 2.35. The van der Waals surface area contributed by atoms with Gasteiger partial charge in [-0.25, -0.2) is 4.98 Å². The SMILES string of the molecule is C=Cc1c(C)c2cc3nc(c(CC(=O)OC)c4nc(cc5[nH]c(cc1[nH]2)c(C)c5CC)C(C)=C4C(=O)NCCCOC(C)=O)C(CCC(=O)OC)C3C. The van der Waals surface area contributed by atoms with Crippen LogP contribution >= 0.6 is 0 Å². The number of nitrogens with one attached hydrogen (secondary N) is 3. The number of methoxy groups -OCH3 is 2. The number of carbonyl (C=O) groups excluding carboxylic acids is 4. The van der Waals surface area contributed by atoms with E-state index in [9.17, 15) is 19.2 Å². The van der Waals surface area contributed by atoms with E-state index < -0.39 is 11.9 Å². The fraction of sp³-hybridized carbons (Fsp3) is 0.415. The van der Waals surface area contributed by atoms with Gasteiger partial charge in [-0.15, -0.1) is 0 Å². The summed E-state index contributed by atoms with van der Waals surface area (Å²) in [6.07, 6.45) is 3.30. The van der Waals surface area contributed by atoms with E-state index in [2.05, 4.69) is 41.8 Å². The minimum Gasteiger partial charge on any atom is -0.469 e. The first-order valence-corrected chi connectivity index (χ1v) is 18.0. The minimum atomic E-state index is -0.526. The Morgan fingerprint density at radius 1 is 0.925 bits per heavy atom. The number of rotatable bonds is 12. The fourth-order valence-corrected chi connectivity index (χ4v) is 7.28. The molecule has 12 heteroatoms. The topological polar surface area (TPSA) is 165 Å². The van der Waals surface area contributed by atoms with Crippen LogP contribution in [0.4, 0.5) is 0 Å². The van der Waals surface area contributed by atoms with Gasteiger partial charge in [-0.1, -0.05) is 26.5 Å². The Kier molecular flexibility index (Phi) is 12.0. The van der Waals surface area contributed by atoms with Crippen molar-refractivity contribution in [1.82, 2.24) is 25.3 Å². The minimum absolute atomic E-state index is 0.126. The molecule has 280 valence electrons. The molecule has 2 atom stereocenters. The summed E-state index contributed by atoms with van der Waals surface area (Å²) in [7, 11) is 2.67. The molecule has 2 aliphatic heterocycles. The zero-order valence-corrected chi connectivity index (χ0v) is 31.9. The monoisotopic (exact) mass is 723 g/mol. The van der Waals surface area contributed by atoms with Crippen molar-refractivity contribution < 1.29 is 33.4 Å². The van der Waals surface area contributed by atoms with Crippen molar-refractivity contribution in [3.8, 4) is 0 Å². The molecular formula is C41H49N5O7. The van der Waals surface area contributed by atoms with Crippen LogP contribution in [0, 0.1) is 13.8 Å². The van der Waals surface area contributed by atoms with E-state index in [1.807, 2.05) is 39.0 Å². The summed E-state index contributed by atoms with van der Waals surface area (Å²) in [5.41, 5.74) is 11.2. The Hall–Kier alpha value is -5.52.